The minimum Gasteiger partial charge on any atom is -0.454 e. The van der Waals surface area contributed by atoms with Gasteiger partial charge in [-0.1, -0.05) is 42.5 Å². The van der Waals surface area contributed by atoms with E-state index in [2.05, 4.69) is 66.1 Å². The Morgan fingerprint density at radius 3 is 2.63 bits per heavy atom. The number of aryl methyl sites for hydroxylation is 1. The van der Waals surface area contributed by atoms with Crippen LogP contribution in [0.1, 0.15) is 5.56 Å². The third-order valence-electron chi connectivity index (χ3n) is 5.33. The number of aromatic nitrogens is 2. The lowest BCUT2D eigenvalue weighted by atomic mass is 10.1. The Kier molecular flexibility index (Phi) is 2.81. The molecule has 6 aromatic rings. The van der Waals surface area contributed by atoms with Gasteiger partial charge < -0.3 is 8.82 Å². The van der Waals surface area contributed by atoms with Gasteiger partial charge in [0.1, 0.15) is 11.3 Å². The minimum atomic E-state index is 0.799. The number of fused-ring (bicyclic) bond motifs is 6. The molecule has 0 unspecified atom stereocenters. The van der Waals surface area contributed by atoms with Crippen LogP contribution in [0.5, 0.6) is 0 Å². The summed E-state index contributed by atoms with van der Waals surface area (Å²) in [4.78, 5) is 5.01. The lowest BCUT2D eigenvalue weighted by Gasteiger charge is -2.06. The second-order valence-corrected chi connectivity index (χ2v) is 6.98. The van der Waals surface area contributed by atoms with Gasteiger partial charge in [0.05, 0.1) is 11.0 Å². The maximum absolute atomic E-state index is 6.18. The van der Waals surface area contributed by atoms with Crippen molar-refractivity contribution in [1.29, 1.82) is 0 Å². The zero-order valence-corrected chi connectivity index (χ0v) is 14.8. The van der Waals surface area contributed by atoms with Crippen LogP contribution in [0.3, 0.4) is 0 Å². The van der Waals surface area contributed by atoms with E-state index in [1.807, 2.05) is 24.3 Å². The average molecular weight is 348 g/mol. The standard InChI is InChI=1S/C24H16N2O/c1-15-7-6-12-26-20(15)14-18-17-9-3-4-10-19(17)25-23(24(18)26)22-13-16-8-2-5-11-21(16)27-22/h2-14H,1H3. The van der Waals surface area contributed by atoms with Crippen LogP contribution < -0.4 is 0 Å². The number of nitrogens with zero attached hydrogens (tertiary/aromatic N) is 2. The summed E-state index contributed by atoms with van der Waals surface area (Å²) in [6, 6.07) is 25.0. The molecule has 4 aromatic heterocycles. The van der Waals surface area contributed by atoms with Gasteiger partial charge in [0, 0.05) is 27.9 Å². The average Bonchev–Trinajstić information content (AvgIpc) is 3.30. The highest BCUT2D eigenvalue weighted by Crippen LogP contribution is 2.37. The molecule has 27 heavy (non-hydrogen) atoms. The van der Waals surface area contributed by atoms with Gasteiger partial charge in [0.2, 0.25) is 0 Å². The first-order valence-corrected chi connectivity index (χ1v) is 9.08. The van der Waals surface area contributed by atoms with E-state index in [0.29, 0.717) is 0 Å². The number of hydrogen-bond donors (Lipinski definition) is 0. The Bertz CT molecular complexity index is 1450. The highest BCUT2D eigenvalue weighted by atomic mass is 16.3. The van der Waals surface area contributed by atoms with Gasteiger partial charge in [-0.05, 0) is 42.8 Å². The van der Waals surface area contributed by atoms with Crippen LogP contribution in [0, 0.1) is 6.92 Å². The van der Waals surface area contributed by atoms with Crippen LogP contribution in [0.25, 0.3) is 49.7 Å². The molecular weight excluding hydrogens is 332 g/mol. The monoisotopic (exact) mass is 348 g/mol. The van der Waals surface area contributed by atoms with E-state index >= 15 is 0 Å². The lowest BCUT2D eigenvalue weighted by Crippen LogP contribution is -1.91. The third kappa shape index (κ3) is 1.99. The molecule has 0 amide bonds. The molecule has 0 saturated carbocycles. The maximum Gasteiger partial charge on any atom is 0.156 e. The molecule has 0 fully saturated rings. The zero-order valence-electron chi connectivity index (χ0n) is 14.8. The van der Waals surface area contributed by atoms with Crippen molar-refractivity contribution >= 4 is 38.3 Å². The molecule has 0 radical (unpaired) electrons. The molecule has 0 bridgehead atoms. The minimum absolute atomic E-state index is 0.799. The fourth-order valence-corrected chi connectivity index (χ4v) is 4.03. The van der Waals surface area contributed by atoms with Gasteiger partial charge in [-0.25, -0.2) is 4.98 Å². The number of benzene rings is 2. The van der Waals surface area contributed by atoms with Crippen LogP contribution in [0.2, 0.25) is 0 Å². The predicted molar refractivity (Wildman–Crippen MR) is 110 cm³/mol. The number of hydrogen-bond acceptors (Lipinski definition) is 2. The normalized spacial score (nSPS) is 11.9. The molecular formula is C24H16N2O. The SMILES string of the molecule is Cc1cccn2c1cc1c3ccccc3nc(-c3cc4ccccc4o3)c12. The topological polar surface area (TPSA) is 30.4 Å². The smallest absolute Gasteiger partial charge is 0.156 e. The predicted octanol–water partition coefficient (Wildman–Crippen LogP) is 6.36. The number of pyridine rings is 2. The first-order valence-electron chi connectivity index (χ1n) is 9.08. The van der Waals surface area contributed by atoms with Crippen LogP contribution in [0.15, 0.2) is 83.4 Å². The van der Waals surface area contributed by atoms with Gasteiger partial charge >= 0.3 is 0 Å². The number of para-hydroxylation sites is 2. The Balaban J connectivity index is 1.84. The molecule has 6 rings (SSSR count). The van der Waals surface area contributed by atoms with Crippen LogP contribution in [-0.4, -0.2) is 9.38 Å². The van der Waals surface area contributed by atoms with Crippen molar-refractivity contribution in [2.24, 2.45) is 0 Å². The van der Waals surface area contributed by atoms with Gasteiger partial charge in [-0.2, -0.15) is 0 Å². The summed E-state index contributed by atoms with van der Waals surface area (Å²) in [6.07, 6.45) is 2.10. The molecule has 0 aliphatic heterocycles. The fourth-order valence-electron chi connectivity index (χ4n) is 4.03. The Hall–Kier alpha value is -3.59. The zero-order chi connectivity index (χ0) is 18.0. The van der Waals surface area contributed by atoms with Crippen LogP contribution >= 0.6 is 0 Å². The summed E-state index contributed by atoms with van der Waals surface area (Å²) < 4.78 is 8.41. The summed E-state index contributed by atoms with van der Waals surface area (Å²) in [7, 11) is 0. The van der Waals surface area contributed by atoms with Crippen molar-refractivity contribution in [3.05, 3.63) is 84.6 Å². The molecule has 0 aliphatic carbocycles. The molecule has 3 heteroatoms. The van der Waals surface area contributed by atoms with Gasteiger partial charge in [0.25, 0.3) is 0 Å². The number of rotatable bonds is 1. The maximum atomic E-state index is 6.18. The Morgan fingerprint density at radius 2 is 1.70 bits per heavy atom. The van der Waals surface area contributed by atoms with E-state index in [1.54, 1.807) is 0 Å². The fraction of sp³-hybridized carbons (Fsp3) is 0.0417. The first kappa shape index (κ1) is 14.6. The Morgan fingerprint density at radius 1 is 0.852 bits per heavy atom. The molecule has 2 aromatic carbocycles. The molecule has 0 aliphatic rings. The molecule has 3 nitrogen and oxygen atoms in total. The molecule has 0 spiro atoms. The Labute approximate surface area is 155 Å². The first-order chi connectivity index (χ1) is 13.3. The second-order valence-electron chi connectivity index (χ2n) is 6.98. The van der Waals surface area contributed by atoms with E-state index in [9.17, 15) is 0 Å². The van der Waals surface area contributed by atoms with E-state index in [-0.39, 0.29) is 0 Å². The summed E-state index contributed by atoms with van der Waals surface area (Å²) in [5.74, 6) is 0.799. The number of furan rings is 1. The quantitative estimate of drug-likeness (QED) is 0.346. The molecule has 0 N–H and O–H groups in total. The van der Waals surface area contributed by atoms with E-state index < -0.39 is 0 Å². The molecule has 128 valence electrons. The van der Waals surface area contributed by atoms with Gasteiger partial charge in [-0.15, -0.1) is 0 Å². The second kappa shape index (κ2) is 5.21. The van der Waals surface area contributed by atoms with E-state index in [1.165, 1.54) is 16.5 Å². The highest BCUT2D eigenvalue weighted by Gasteiger charge is 2.18. The van der Waals surface area contributed by atoms with Crippen molar-refractivity contribution in [3.63, 3.8) is 0 Å². The summed E-state index contributed by atoms with van der Waals surface area (Å²) in [6.45, 7) is 2.14. The van der Waals surface area contributed by atoms with Crippen LogP contribution in [-0.2, 0) is 0 Å². The van der Waals surface area contributed by atoms with E-state index in [0.717, 1.165) is 38.8 Å². The van der Waals surface area contributed by atoms with Crippen molar-refractivity contribution < 1.29 is 4.42 Å². The van der Waals surface area contributed by atoms with Crippen molar-refractivity contribution in [3.8, 4) is 11.5 Å². The van der Waals surface area contributed by atoms with Crippen molar-refractivity contribution in [2.75, 3.05) is 0 Å². The summed E-state index contributed by atoms with van der Waals surface area (Å²) in [5.41, 5.74) is 6.27. The third-order valence-corrected chi connectivity index (χ3v) is 5.33. The summed E-state index contributed by atoms with van der Waals surface area (Å²) >= 11 is 0. The van der Waals surface area contributed by atoms with Gasteiger partial charge in [-0.3, -0.25) is 0 Å². The molecule has 0 atom stereocenters. The molecule has 0 saturated heterocycles. The largest absolute Gasteiger partial charge is 0.454 e. The van der Waals surface area contributed by atoms with Gasteiger partial charge in [0.15, 0.2) is 5.76 Å². The van der Waals surface area contributed by atoms with Crippen molar-refractivity contribution in [2.45, 2.75) is 6.92 Å². The molecule has 4 heterocycles. The highest BCUT2D eigenvalue weighted by molar-refractivity contribution is 6.12. The summed E-state index contributed by atoms with van der Waals surface area (Å²) in [5, 5.41) is 3.45. The lowest BCUT2D eigenvalue weighted by molar-refractivity contribution is 0.629. The van der Waals surface area contributed by atoms with Crippen molar-refractivity contribution in [1.82, 2.24) is 9.38 Å². The van der Waals surface area contributed by atoms with E-state index in [4.69, 9.17) is 9.40 Å². The van der Waals surface area contributed by atoms with Crippen LogP contribution in [0.4, 0.5) is 0 Å².